The van der Waals surface area contributed by atoms with E-state index in [2.05, 4.69) is 0 Å². The van der Waals surface area contributed by atoms with Crippen molar-refractivity contribution in [3.05, 3.63) is 0 Å². The molecule has 1 N–H and O–H groups in total. The largest absolute Gasteiger partial charge is 0.380 e. The van der Waals surface area contributed by atoms with Gasteiger partial charge in [0.15, 0.2) is 0 Å². The molecule has 0 aromatic heterocycles. The van der Waals surface area contributed by atoms with Gasteiger partial charge in [-0.2, -0.15) is 0 Å². The standard InChI is InChI=1S/C6H14OS/c1-4-6(7,5-2)8-3/h7H,4-5H2,1-3H3. The van der Waals surface area contributed by atoms with Crippen molar-refractivity contribution < 1.29 is 5.11 Å². The summed E-state index contributed by atoms with van der Waals surface area (Å²) in [5.74, 6) is 0. The minimum Gasteiger partial charge on any atom is -0.380 e. The summed E-state index contributed by atoms with van der Waals surface area (Å²) in [7, 11) is 0. The van der Waals surface area contributed by atoms with Gasteiger partial charge in [-0.1, -0.05) is 13.8 Å². The van der Waals surface area contributed by atoms with Crippen LogP contribution >= 0.6 is 11.8 Å². The number of thioether (sulfide) groups is 1. The van der Waals surface area contributed by atoms with Gasteiger partial charge in [0.25, 0.3) is 0 Å². The van der Waals surface area contributed by atoms with Crippen molar-refractivity contribution in [1.29, 1.82) is 0 Å². The molecule has 8 heavy (non-hydrogen) atoms. The van der Waals surface area contributed by atoms with E-state index in [4.69, 9.17) is 0 Å². The van der Waals surface area contributed by atoms with Crippen LogP contribution in [0.1, 0.15) is 26.7 Å². The molecular formula is C6H14OS. The lowest BCUT2D eigenvalue weighted by molar-refractivity contribution is 0.129. The lowest BCUT2D eigenvalue weighted by atomic mass is 10.2. The Bertz CT molecular complexity index is 51.3. The van der Waals surface area contributed by atoms with Crippen LogP contribution in [-0.4, -0.2) is 16.3 Å². The normalized spacial score (nSPS) is 12.0. The third kappa shape index (κ3) is 2.05. The van der Waals surface area contributed by atoms with Crippen molar-refractivity contribution in [2.75, 3.05) is 6.26 Å². The Labute approximate surface area is 55.5 Å². The number of hydrogen-bond acceptors (Lipinski definition) is 2. The first-order valence-electron chi connectivity index (χ1n) is 2.96. The van der Waals surface area contributed by atoms with E-state index in [0.29, 0.717) is 0 Å². The number of aliphatic hydroxyl groups is 1. The minimum atomic E-state index is -0.458. The highest BCUT2D eigenvalue weighted by molar-refractivity contribution is 7.99. The van der Waals surface area contributed by atoms with Gasteiger partial charge in [0, 0.05) is 0 Å². The van der Waals surface area contributed by atoms with Crippen LogP contribution in [0, 0.1) is 0 Å². The van der Waals surface area contributed by atoms with E-state index in [1.165, 1.54) is 11.8 Å². The molecule has 0 aliphatic heterocycles. The summed E-state index contributed by atoms with van der Waals surface area (Å²) in [6, 6.07) is 0. The van der Waals surface area contributed by atoms with E-state index in [-0.39, 0.29) is 0 Å². The fourth-order valence-corrected chi connectivity index (χ4v) is 1.12. The summed E-state index contributed by atoms with van der Waals surface area (Å²) in [5.41, 5.74) is 0. The first-order valence-corrected chi connectivity index (χ1v) is 4.18. The van der Waals surface area contributed by atoms with Gasteiger partial charge in [0.2, 0.25) is 0 Å². The van der Waals surface area contributed by atoms with E-state index in [1.807, 2.05) is 20.1 Å². The van der Waals surface area contributed by atoms with Crippen molar-refractivity contribution in [2.24, 2.45) is 0 Å². The Balaban J connectivity index is 3.58. The third-order valence-electron chi connectivity index (χ3n) is 1.48. The van der Waals surface area contributed by atoms with E-state index >= 15 is 0 Å². The summed E-state index contributed by atoms with van der Waals surface area (Å²) in [6.45, 7) is 4.00. The highest BCUT2D eigenvalue weighted by Gasteiger charge is 2.18. The van der Waals surface area contributed by atoms with Crippen LogP contribution in [0.2, 0.25) is 0 Å². The molecule has 1 nitrogen and oxygen atoms in total. The zero-order valence-electron chi connectivity index (χ0n) is 5.77. The molecule has 0 radical (unpaired) electrons. The predicted octanol–water partition coefficient (Wildman–Crippen LogP) is 1.86. The summed E-state index contributed by atoms with van der Waals surface area (Å²) in [4.78, 5) is -0.458. The molecular weight excluding hydrogens is 120 g/mol. The molecule has 50 valence electrons. The van der Waals surface area contributed by atoms with Crippen LogP contribution in [0.25, 0.3) is 0 Å². The highest BCUT2D eigenvalue weighted by Crippen LogP contribution is 2.25. The molecule has 0 aliphatic carbocycles. The molecule has 0 aromatic carbocycles. The number of rotatable bonds is 3. The van der Waals surface area contributed by atoms with Crippen molar-refractivity contribution in [2.45, 2.75) is 31.6 Å². The zero-order valence-corrected chi connectivity index (χ0v) is 6.59. The van der Waals surface area contributed by atoms with Crippen LogP contribution in [0.4, 0.5) is 0 Å². The Hall–Kier alpha value is 0.310. The second-order valence-electron chi connectivity index (χ2n) is 1.86. The highest BCUT2D eigenvalue weighted by atomic mass is 32.2. The maximum absolute atomic E-state index is 9.40. The summed E-state index contributed by atoms with van der Waals surface area (Å²) in [5, 5.41) is 9.40. The van der Waals surface area contributed by atoms with Crippen LogP contribution in [-0.2, 0) is 0 Å². The lowest BCUT2D eigenvalue weighted by Crippen LogP contribution is -2.20. The topological polar surface area (TPSA) is 20.2 Å². The monoisotopic (exact) mass is 134 g/mol. The molecule has 0 amide bonds. The second-order valence-corrected chi connectivity index (χ2v) is 3.03. The molecule has 0 atom stereocenters. The maximum Gasteiger partial charge on any atom is 0.109 e. The maximum atomic E-state index is 9.40. The van der Waals surface area contributed by atoms with Gasteiger partial charge in [-0.15, -0.1) is 11.8 Å². The van der Waals surface area contributed by atoms with Gasteiger partial charge in [-0.05, 0) is 19.1 Å². The van der Waals surface area contributed by atoms with Crippen molar-refractivity contribution in [3.8, 4) is 0 Å². The van der Waals surface area contributed by atoms with Gasteiger partial charge in [-0.3, -0.25) is 0 Å². The molecule has 0 spiro atoms. The Morgan fingerprint density at radius 2 is 1.75 bits per heavy atom. The molecule has 2 heteroatoms. The van der Waals surface area contributed by atoms with E-state index in [0.717, 1.165) is 12.8 Å². The van der Waals surface area contributed by atoms with Crippen LogP contribution < -0.4 is 0 Å². The fourth-order valence-electron chi connectivity index (χ4n) is 0.539. The summed E-state index contributed by atoms with van der Waals surface area (Å²) in [6.07, 6.45) is 3.61. The molecule has 0 bridgehead atoms. The predicted molar refractivity (Wildman–Crippen MR) is 39.0 cm³/mol. The van der Waals surface area contributed by atoms with Crippen molar-refractivity contribution in [3.63, 3.8) is 0 Å². The molecule has 0 saturated heterocycles. The second kappa shape index (κ2) is 3.36. The van der Waals surface area contributed by atoms with Gasteiger partial charge in [0.05, 0.1) is 0 Å². The summed E-state index contributed by atoms with van der Waals surface area (Å²) >= 11 is 1.53. The quantitative estimate of drug-likeness (QED) is 0.594. The van der Waals surface area contributed by atoms with E-state index in [9.17, 15) is 5.11 Å². The van der Waals surface area contributed by atoms with E-state index < -0.39 is 4.93 Å². The molecule has 0 unspecified atom stereocenters. The molecule has 0 fully saturated rings. The fraction of sp³-hybridized carbons (Fsp3) is 1.00. The average molecular weight is 134 g/mol. The minimum absolute atomic E-state index is 0.458. The molecule has 0 aromatic rings. The Morgan fingerprint density at radius 1 is 1.38 bits per heavy atom. The Kier molecular flexibility index (Phi) is 3.49. The van der Waals surface area contributed by atoms with Gasteiger partial charge in [-0.25, -0.2) is 0 Å². The first kappa shape index (κ1) is 8.31. The average Bonchev–Trinajstić information content (AvgIpc) is 1.87. The van der Waals surface area contributed by atoms with Crippen LogP contribution in [0.3, 0.4) is 0 Å². The SMILES string of the molecule is CCC(O)(CC)SC. The first-order chi connectivity index (χ1) is 3.68. The zero-order chi connectivity index (χ0) is 6.62. The van der Waals surface area contributed by atoms with Crippen molar-refractivity contribution in [1.82, 2.24) is 0 Å². The van der Waals surface area contributed by atoms with Gasteiger partial charge >= 0.3 is 0 Å². The van der Waals surface area contributed by atoms with E-state index in [1.54, 1.807) is 0 Å². The van der Waals surface area contributed by atoms with Crippen molar-refractivity contribution >= 4 is 11.8 Å². The lowest BCUT2D eigenvalue weighted by Gasteiger charge is -2.21. The Morgan fingerprint density at radius 3 is 1.75 bits per heavy atom. The van der Waals surface area contributed by atoms with Gasteiger partial charge in [0.1, 0.15) is 4.93 Å². The molecule has 0 aliphatic rings. The molecule has 0 saturated carbocycles. The molecule has 0 rings (SSSR count). The summed E-state index contributed by atoms with van der Waals surface area (Å²) < 4.78 is 0. The van der Waals surface area contributed by atoms with Crippen LogP contribution in [0.15, 0.2) is 0 Å². The third-order valence-corrected chi connectivity index (χ3v) is 2.82. The van der Waals surface area contributed by atoms with Crippen LogP contribution in [0.5, 0.6) is 0 Å². The smallest absolute Gasteiger partial charge is 0.109 e. The molecule has 0 heterocycles. The number of hydrogen-bond donors (Lipinski definition) is 1. The van der Waals surface area contributed by atoms with Gasteiger partial charge < -0.3 is 5.11 Å².